The van der Waals surface area contributed by atoms with Crippen molar-refractivity contribution >= 4 is 21.6 Å². The summed E-state index contributed by atoms with van der Waals surface area (Å²) in [4.78, 5) is 4.31. The number of aromatic hydroxyl groups is 1. The number of nitrogens with zero attached hydrogens (tertiary/aromatic N) is 1. The molecule has 1 aromatic carbocycles. The van der Waals surface area contributed by atoms with Crippen LogP contribution in [-0.4, -0.2) is 17.2 Å². The van der Waals surface area contributed by atoms with Gasteiger partial charge in [-0.05, 0) is 41.1 Å². The summed E-state index contributed by atoms with van der Waals surface area (Å²) in [5.41, 5.74) is 2.61. The van der Waals surface area contributed by atoms with Crippen LogP contribution in [0.15, 0.2) is 34.9 Å². The van der Waals surface area contributed by atoms with E-state index in [9.17, 15) is 5.11 Å². The summed E-state index contributed by atoms with van der Waals surface area (Å²) in [5.74, 6) is 0.644. The molecule has 0 aliphatic heterocycles. The normalized spacial score (nSPS) is 10.3. The van der Waals surface area contributed by atoms with Crippen LogP contribution in [0.4, 0.5) is 5.69 Å². The number of benzene rings is 1. The van der Waals surface area contributed by atoms with Gasteiger partial charge in [0.2, 0.25) is 0 Å². The smallest absolute Gasteiger partial charge is 0.162 e. The van der Waals surface area contributed by atoms with Gasteiger partial charge in [-0.1, -0.05) is 12.1 Å². The molecule has 100 valence electrons. The van der Waals surface area contributed by atoms with Gasteiger partial charge in [-0.3, -0.25) is 0 Å². The molecule has 2 N–H and O–H groups in total. The Balaban J connectivity index is 2.14. The number of aryl methyl sites for hydroxylation is 1. The minimum absolute atomic E-state index is 0.167. The molecule has 0 fully saturated rings. The molecule has 0 aliphatic carbocycles. The molecule has 0 amide bonds. The summed E-state index contributed by atoms with van der Waals surface area (Å²) in [6, 6.07) is 9.25. The largest absolute Gasteiger partial charge is 0.504 e. The third-order valence-corrected chi connectivity index (χ3v) is 3.27. The van der Waals surface area contributed by atoms with Crippen molar-refractivity contribution in [1.82, 2.24) is 4.98 Å². The molecule has 0 atom stereocenters. The number of ether oxygens (including phenoxy) is 1. The highest BCUT2D eigenvalue weighted by atomic mass is 79.9. The van der Waals surface area contributed by atoms with E-state index in [4.69, 9.17) is 4.74 Å². The van der Waals surface area contributed by atoms with Gasteiger partial charge < -0.3 is 15.2 Å². The number of rotatable bonds is 4. The minimum Gasteiger partial charge on any atom is -0.504 e. The SMILES string of the molecule is COc1cccc(CNc2ccc(Br)nc2C)c1O. The number of anilines is 1. The van der Waals surface area contributed by atoms with Crippen LogP contribution in [0, 0.1) is 6.92 Å². The Bertz CT molecular complexity index is 588. The number of hydrogen-bond acceptors (Lipinski definition) is 4. The summed E-state index contributed by atoms with van der Waals surface area (Å²) in [6.07, 6.45) is 0. The predicted octanol–water partition coefficient (Wildman–Crippen LogP) is 3.48. The third kappa shape index (κ3) is 3.17. The maximum atomic E-state index is 9.99. The lowest BCUT2D eigenvalue weighted by Crippen LogP contribution is -2.03. The zero-order valence-electron chi connectivity index (χ0n) is 10.8. The zero-order valence-corrected chi connectivity index (χ0v) is 12.4. The standard InChI is InChI=1S/C14H15BrN2O2/c1-9-11(6-7-13(15)17-9)16-8-10-4-3-5-12(19-2)14(10)18/h3-7,16,18H,8H2,1-2H3. The van der Waals surface area contributed by atoms with Crippen LogP contribution in [0.1, 0.15) is 11.3 Å². The van der Waals surface area contributed by atoms with Crippen LogP contribution in [-0.2, 0) is 6.54 Å². The number of aromatic nitrogens is 1. The van der Waals surface area contributed by atoms with Gasteiger partial charge in [-0.15, -0.1) is 0 Å². The van der Waals surface area contributed by atoms with Crippen LogP contribution in [0.5, 0.6) is 11.5 Å². The summed E-state index contributed by atoms with van der Waals surface area (Å²) in [5, 5.41) is 13.2. The monoisotopic (exact) mass is 322 g/mol. The van der Waals surface area contributed by atoms with Crippen molar-refractivity contribution in [2.75, 3.05) is 12.4 Å². The first-order valence-electron chi connectivity index (χ1n) is 5.83. The summed E-state index contributed by atoms with van der Waals surface area (Å²) in [6.45, 7) is 2.44. The zero-order chi connectivity index (χ0) is 13.8. The number of halogens is 1. The Hall–Kier alpha value is -1.75. The van der Waals surface area contributed by atoms with E-state index < -0.39 is 0 Å². The number of pyridine rings is 1. The second-order valence-electron chi connectivity index (χ2n) is 4.09. The molecule has 0 radical (unpaired) electrons. The van der Waals surface area contributed by atoms with E-state index in [0.29, 0.717) is 12.3 Å². The number of nitrogens with one attached hydrogen (secondary N) is 1. The van der Waals surface area contributed by atoms with Gasteiger partial charge in [-0.25, -0.2) is 4.98 Å². The number of phenols is 1. The molecule has 1 heterocycles. The molecule has 2 rings (SSSR count). The van der Waals surface area contributed by atoms with Gasteiger partial charge in [0, 0.05) is 12.1 Å². The Morgan fingerprint density at radius 2 is 2.11 bits per heavy atom. The van der Waals surface area contributed by atoms with Crippen molar-refractivity contribution in [2.24, 2.45) is 0 Å². The van der Waals surface area contributed by atoms with Gasteiger partial charge in [0.05, 0.1) is 18.5 Å². The second kappa shape index (κ2) is 5.93. The molecular formula is C14H15BrN2O2. The van der Waals surface area contributed by atoms with Crippen LogP contribution in [0.25, 0.3) is 0 Å². The summed E-state index contributed by atoms with van der Waals surface area (Å²) < 4.78 is 5.89. The lowest BCUT2D eigenvalue weighted by atomic mass is 10.2. The molecule has 5 heteroatoms. The second-order valence-corrected chi connectivity index (χ2v) is 4.90. The van der Waals surface area contributed by atoms with Gasteiger partial charge >= 0.3 is 0 Å². The summed E-state index contributed by atoms with van der Waals surface area (Å²) in [7, 11) is 1.54. The maximum Gasteiger partial charge on any atom is 0.162 e. The Morgan fingerprint density at radius 3 is 2.79 bits per heavy atom. The first kappa shape index (κ1) is 13.7. The van der Waals surface area contributed by atoms with Crippen molar-refractivity contribution in [2.45, 2.75) is 13.5 Å². The molecule has 4 nitrogen and oxygen atoms in total. The lowest BCUT2D eigenvalue weighted by molar-refractivity contribution is 0.371. The molecule has 0 unspecified atom stereocenters. The summed E-state index contributed by atoms with van der Waals surface area (Å²) >= 11 is 3.33. The maximum absolute atomic E-state index is 9.99. The Morgan fingerprint density at radius 1 is 1.32 bits per heavy atom. The highest BCUT2D eigenvalue weighted by molar-refractivity contribution is 9.10. The topological polar surface area (TPSA) is 54.4 Å². The molecule has 0 saturated heterocycles. The van der Waals surface area contributed by atoms with E-state index in [1.165, 1.54) is 7.11 Å². The van der Waals surface area contributed by atoms with E-state index in [-0.39, 0.29) is 5.75 Å². The Kier molecular flexibility index (Phi) is 4.27. The van der Waals surface area contributed by atoms with E-state index in [1.54, 1.807) is 6.07 Å². The number of para-hydroxylation sites is 1. The molecule has 0 spiro atoms. The molecule has 0 bridgehead atoms. The number of phenolic OH excluding ortho intramolecular Hbond substituents is 1. The van der Waals surface area contributed by atoms with Crippen LogP contribution in [0.2, 0.25) is 0 Å². The van der Waals surface area contributed by atoms with E-state index in [2.05, 4.69) is 26.2 Å². The average molecular weight is 323 g/mol. The molecule has 0 saturated carbocycles. The van der Waals surface area contributed by atoms with E-state index in [0.717, 1.165) is 21.5 Å². The minimum atomic E-state index is 0.167. The van der Waals surface area contributed by atoms with Crippen LogP contribution >= 0.6 is 15.9 Å². The molecule has 0 aliphatic rings. The average Bonchev–Trinajstić information content (AvgIpc) is 2.39. The van der Waals surface area contributed by atoms with Gasteiger partial charge in [-0.2, -0.15) is 0 Å². The van der Waals surface area contributed by atoms with Gasteiger partial charge in [0.15, 0.2) is 11.5 Å². The highest BCUT2D eigenvalue weighted by Crippen LogP contribution is 2.30. The predicted molar refractivity (Wildman–Crippen MR) is 78.7 cm³/mol. The fourth-order valence-corrected chi connectivity index (χ4v) is 2.18. The third-order valence-electron chi connectivity index (χ3n) is 2.82. The molecule has 19 heavy (non-hydrogen) atoms. The Labute approximate surface area is 120 Å². The first-order chi connectivity index (χ1) is 9.11. The van der Waals surface area contributed by atoms with Crippen molar-refractivity contribution in [3.63, 3.8) is 0 Å². The number of methoxy groups -OCH3 is 1. The number of hydrogen-bond donors (Lipinski definition) is 2. The molecular weight excluding hydrogens is 308 g/mol. The van der Waals surface area contributed by atoms with Crippen molar-refractivity contribution < 1.29 is 9.84 Å². The molecule has 2 aromatic rings. The fourth-order valence-electron chi connectivity index (χ4n) is 1.78. The van der Waals surface area contributed by atoms with Crippen LogP contribution < -0.4 is 10.1 Å². The van der Waals surface area contributed by atoms with Gasteiger partial charge in [0.25, 0.3) is 0 Å². The van der Waals surface area contributed by atoms with Crippen molar-refractivity contribution in [3.8, 4) is 11.5 Å². The molecule has 1 aromatic heterocycles. The first-order valence-corrected chi connectivity index (χ1v) is 6.63. The van der Waals surface area contributed by atoms with Crippen molar-refractivity contribution in [1.29, 1.82) is 0 Å². The quantitative estimate of drug-likeness (QED) is 0.846. The van der Waals surface area contributed by atoms with Gasteiger partial charge in [0.1, 0.15) is 4.60 Å². The lowest BCUT2D eigenvalue weighted by Gasteiger charge is -2.12. The van der Waals surface area contributed by atoms with Crippen molar-refractivity contribution in [3.05, 3.63) is 46.2 Å². The van der Waals surface area contributed by atoms with E-state index >= 15 is 0 Å². The highest BCUT2D eigenvalue weighted by Gasteiger charge is 2.07. The van der Waals surface area contributed by atoms with Crippen LogP contribution in [0.3, 0.4) is 0 Å². The fraction of sp³-hybridized carbons (Fsp3) is 0.214. The van der Waals surface area contributed by atoms with E-state index in [1.807, 2.05) is 31.2 Å².